The minimum Gasteiger partial charge on any atom is -0.378 e. The summed E-state index contributed by atoms with van der Waals surface area (Å²) < 4.78 is 6.90. The van der Waals surface area contributed by atoms with Crippen LogP contribution in [0.3, 0.4) is 0 Å². The Kier molecular flexibility index (Phi) is 4.42. The van der Waals surface area contributed by atoms with E-state index in [2.05, 4.69) is 34.0 Å². The molecule has 2 atom stereocenters. The largest absolute Gasteiger partial charge is 0.378 e. The molecule has 15 heavy (non-hydrogen) atoms. The molecule has 1 aliphatic rings. The van der Waals surface area contributed by atoms with Gasteiger partial charge >= 0.3 is 0 Å². The highest BCUT2D eigenvalue weighted by atomic mass is 127. The Morgan fingerprint density at radius 2 is 2.53 bits per heavy atom. The van der Waals surface area contributed by atoms with Gasteiger partial charge < -0.3 is 10.5 Å². The summed E-state index contributed by atoms with van der Waals surface area (Å²) in [6, 6.07) is 2.37. The smallest absolute Gasteiger partial charge is 0.0656 e. The van der Waals surface area contributed by atoms with Crippen LogP contribution < -0.4 is 5.73 Å². The lowest BCUT2D eigenvalue weighted by molar-refractivity contribution is 0.101. The van der Waals surface area contributed by atoms with Crippen molar-refractivity contribution in [2.24, 2.45) is 5.73 Å². The maximum atomic E-state index is 6.13. The van der Waals surface area contributed by atoms with Crippen molar-refractivity contribution in [1.82, 2.24) is 0 Å². The van der Waals surface area contributed by atoms with E-state index >= 15 is 0 Å². The molecule has 2 unspecified atom stereocenters. The van der Waals surface area contributed by atoms with E-state index in [0.29, 0.717) is 6.10 Å². The fraction of sp³-hybridized carbons (Fsp3) is 0.636. The number of rotatable bonds is 4. The normalized spacial score (nSPS) is 23.2. The second kappa shape index (κ2) is 5.61. The van der Waals surface area contributed by atoms with Gasteiger partial charge in [0.1, 0.15) is 0 Å². The van der Waals surface area contributed by atoms with Crippen molar-refractivity contribution in [1.29, 1.82) is 0 Å². The second-order valence-electron chi connectivity index (χ2n) is 4.00. The van der Waals surface area contributed by atoms with Crippen LogP contribution in [0.25, 0.3) is 0 Å². The Morgan fingerprint density at radius 1 is 1.67 bits per heavy atom. The zero-order chi connectivity index (χ0) is 10.7. The molecule has 0 aromatic carbocycles. The van der Waals surface area contributed by atoms with E-state index in [-0.39, 0.29) is 6.04 Å². The summed E-state index contributed by atoms with van der Waals surface area (Å²) in [5, 5.41) is 2.17. The molecule has 1 aromatic rings. The quantitative estimate of drug-likeness (QED) is 0.856. The summed E-state index contributed by atoms with van der Waals surface area (Å²) in [4.78, 5) is 0. The van der Waals surface area contributed by atoms with Gasteiger partial charge in [0, 0.05) is 12.6 Å². The molecule has 1 fully saturated rings. The van der Waals surface area contributed by atoms with E-state index in [1.165, 1.54) is 21.3 Å². The molecular weight excluding hydrogens is 321 g/mol. The first kappa shape index (κ1) is 11.8. The van der Waals surface area contributed by atoms with Gasteiger partial charge in [0.25, 0.3) is 0 Å². The first-order valence-corrected chi connectivity index (χ1v) is 7.32. The molecule has 1 saturated heterocycles. The van der Waals surface area contributed by atoms with E-state index in [4.69, 9.17) is 10.5 Å². The number of hydrogen-bond donors (Lipinski definition) is 1. The van der Waals surface area contributed by atoms with Gasteiger partial charge in [0.05, 0.1) is 8.99 Å². The summed E-state index contributed by atoms with van der Waals surface area (Å²) in [5.74, 6) is 0. The molecule has 2 heterocycles. The highest BCUT2D eigenvalue weighted by molar-refractivity contribution is 14.1. The van der Waals surface area contributed by atoms with Gasteiger partial charge in [-0.2, -0.15) is 0 Å². The Hall–Kier alpha value is 0.350. The van der Waals surface area contributed by atoms with Crippen molar-refractivity contribution in [3.8, 4) is 0 Å². The average Bonchev–Trinajstić information content (AvgIpc) is 2.84. The lowest BCUT2D eigenvalue weighted by Gasteiger charge is -2.13. The molecule has 2 nitrogen and oxygen atoms in total. The highest BCUT2D eigenvalue weighted by Gasteiger charge is 2.17. The van der Waals surface area contributed by atoms with Crippen molar-refractivity contribution in [3.05, 3.63) is 19.9 Å². The van der Waals surface area contributed by atoms with Crippen molar-refractivity contribution in [2.45, 2.75) is 37.8 Å². The maximum absolute atomic E-state index is 6.13. The maximum Gasteiger partial charge on any atom is 0.0656 e. The third kappa shape index (κ3) is 3.41. The van der Waals surface area contributed by atoms with Gasteiger partial charge in [0.2, 0.25) is 0 Å². The number of hydrogen-bond acceptors (Lipinski definition) is 3. The minimum atomic E-state index is 0.189. The fourth-order valence-electron chi connectivity index (χ4n) is 1.92. The van der Waals surface area contributed by atoms with Crippen LogP contribution in [-0.2, 0) is 4.74 Å². The highest BCUT2D eigenvalue weighted by Crippen LogP contribution is 2.26. The summed E-state index contributed by atoms with van der Waals surface area (Å²) in [6.07, 6.45) is 5.05. The number of ether oxygens (including phenoxy) is 1. The summed E-state index contributed by atoms with van der Waals surface area (Å²) in [5.41, 5.74) is 7.41. The van der Waals surface area contributed by atoms with Crippen LogP contribution in [0.5, 0.6) is 0 Å². The van der Waals surface area contributed by atoms with E-state index < -0.39 is 0 Å². The molecule has 84 valence electrons. The predicted molar refractivity (Wildman–Crippen MR) is 72.2 cm³/mol. The van der Waals surface area contributed by atoms with Crippen LogP contribution in [-0.4, -0.2) is 12.7 Å². The van der Waals surface area contributed by atoms with Crippen molar-refractivity contribution >= 4 is 33.9 Å². The van der Waals surface area contributed by atoms with Crippen molar-refractivity contribution in [3.63, 3.8) is 0 Å². The van der Waals surface area contributed by atoms with E-state index in [1.807, 2.05) is 0 Å². The molecule has 0 saturated carbocycles. The van der Waals surface area contributed by atoms with Crippen LogP contribution in [0, 0.1) is 2.88 Å². The summed E-state index contributed by atoms with van der Waals surface area (Å²) >= 11 is 4.11. The minimum absolute atomic E-state index is 0.189. The van der Waals surface area contributed by atoms with E-state index in [9.17, 15) is 0 Å². The average molecular weight is 337 g/mol. The summed E-state index contributed by atoms with van der Waals surface area (Å²) in [6.45, 7) is 0.941. The Labute approximate surface area is 108 Å². The zero-order valence-corrected chi connectivity index (χ0v) is 11.6. The molecule has 0 spiro atoms. The van der Waals surface area contributed by atoms with Gasteiger partial charge in [-0.05, 0) is 65.3 Å². The number of halogens is 1. The molecule has 4 heteroatoms. The van der Waals surface area contributed by atoms with Gasteiger partial charge in [-0.15, -0.1) is 11.3 Å². The first-order valence-electron chi connectivity index (χ1n) is 5.37. The van der Waals surface area contributed by atoms with Crippen LogP contribution >= 0.6 is 33.9 Å². The van der Waals surface area contributed by atoms with Crippen LogP contribution in [0.15, 0.2) is 11.4 Å². The topological polar surface area (TPSA) is 35.2 Å². The SMILES string of the molecule is NC(CCC1CCCO1)c1csc(I)c1. The third-order valence-electron chi connectivity index (χ3n) is 2.84. The molecule has 0 bridgehead atoms. The standard InChI is InChI=1S/C11H16INOS/c12-11-6-8(7-15-11)10(13)4-3-9-2-1-5-14-9/h6-7,9-10H,1-5,13H2. The van der Waals surface area contributed by atoms with Gasteiger partial charge in [-0.3, -0.25) is 0 Å². The fourth-order valence-corrected chi connectivity index (χ4v) is 3.36. The third-order valence-corrected chi connectivity index (χ3v) is 4.65. The Morgan fingerprint density at radius 3 is 3.13 bits per heavy atom. The molecule has 0 aliphatic carbocycles. The van der Waals surface area contributed by atoms with Gasteiger partial charge in [0.15, 0.2) is 0 Å². The monoisotopic (exact) mass is 337 g/mol. The van der Waals surface area contributed by atoms with Gasteiger partial charge in [-0.1, -0.05) is 0 Å². The molecule has 2 N–H and O–H groups in total. The van der Waals surface area contributed by atoms with Crippen molar-refractivity contribution in [2.75, 3.05) is 6.61 Å². The van der Waals surface area contributed by atoms with E-state index in [0.717, 1.165) is 19.4 Å². The lowest BCUT2D eigenvalue weighted by atomic mass is 10.0. The summed E-state index contributed by atoms with van der Waals surface area (Å²) in [7, 11) is 0. The van der Waals surface area contributed by atoms with Crippen LogP contribution in [0.1, 0.15) is 37.3 Å². The lowest BCUT2D eigenvalue weighted by Crippen LogP contribution is -2.13. The second-order valence-corrected chi connectivity index (χ2v) is 6.81. The van der Waals surface area contributed by atoms with Crippen LogP contribution in [0.4, 0.5) is 0 Å². The molecule has 1 aliphatic heterocycles. The van der Waals surface area contributed by atoms with Crippen molar-refractivity contribution < 1.29 is 4.74 Å². The van der Waals surface area contributed by atoms with E-state index in [1.54, 1.807) is 11.3 Å². The zero-order valence-electron chi connectivity index (χ0n) is 8.62. The van der Waals surface area contributed by atoms with Gasteiger partial charge in [-0.25, -0.2) is 0 Å². The Bertz CT molecular complexity index is 309. The number of nitrogens with two attached hydrogens (primary N) is 1. The van der Waals surface area contributed by atoms with Crippen LogP contribution in [0.2, 0.25) is 0 Å². The molecule has 0 radical (unpaired) electrons. The molecule has 2 rings (SSSR count). The molecule has 1 aromatic heterocycles. The predicted octanol–water partition coefficient (Wildman–Crippen LogP) is 3.31. The molecular formula is C11H16INOS. The Balaban J connectivity index is 1.79. The first-order chi connectivity index (χ1) is 7.25. The molecule has 0 amide bonds. The number of thiophene rings is 1.